The van der Waals surface area contributed by atoms with E-state index in [1.54, 1.807) is 11.4 Å². The second-order valence-corrected chi connectivity index (χ2v) is 4.67. The summed E-state index contributed by atoms with van der Waals surface area (Å²) in [6.07, 6.45) is -4.94. The van der Waals surface area contributed by atoms with E-state index in [0.717, 1.165) is 4.90 Å². The Morgan fingerprint density at radius 2 is 2.05 bits per heavy atom. The summed E-state index contributed by atoms with van der Waals surface area (Å²) in [6, 6.07) is 0.519. The highest BCUT2D eigenvalue weighted by atomic mass is 19.4. The molecule has 0 radical (unpaired) electrons. The number of urea groups is 1. The quantitative estimate of drug-likeness (QED) is 0.752. The van der Waals surface area contributed by atoms with Gasteiger partial charge in [0.1, 0.15) is 6.54 Å². The van der Waals surface area contributed by atoms with Gasteiger partial charge in [-0.15, -0.1) is 0 Å². The molecule has 1 unspecified atom stereocenters. The number of carbonyl (C=O) groups is 3. The summed E-state index contributed by atoms with van der Waals surface area (Å²) < 4.78 is 38.4. The fourth-order valence-corrected chi connectivity index (χ4v) is 1.63. The predicted octanol–water partition coefficient (Wildman–Crippen LogP) is 0.231. The highest BCUT2D eigenvalue weighted by Crippen LogP contribution is 2.35. The smallest absolute Gasteiger partial charge is 0.343 e. The zero-order valence-electron chi connectivity index (χ0n) is 11.3. The van der Waals surface area contributed by atoms with Crippen LogP contribution in [-0.2, 0) is 9.59 Å². The van der Waals surface area contributed by atoms with Crippen molar-refractivity contribution < 1.29 is 27.6 Å². The van der Waals surface area contributed by atoms with Crippen molar-refractivity contribution in [2.24, 2.45) is 0 Å². The van der Waals surface area contributed by atoms with Gasteiger partial charge in [0.2, 0.25) is 11.4 Å². The van der Waals surface area contributed by atoms with Gasteiger partial charge in [0, 0.05) is 13.6 Å². The molecule has 0 aromatic heterocycles. The van der Waals surface area contributed by atoms with Crippen LogP contribution < -0.4 is 5.32 Å². The normalized spacial score (nSPS) is 22.0. The van der Waals surface area contributed by atoms with Crippen LogP contribution in [0.15, 0.2) is 0 Å². The number of halogens is 3. The lowest BCUT2D eigenvalue weighted by Crippen LogP contribution is -2.56. The molecule has 1 atom stereocenters. The van der Waals surface area contributed by atoms with Crippen molar-refractivity contribution in [3.05, 3.63) is 0 Å². The first-order valence-corrected chi connectivity index (χ1v) is 5.86. The Balaban J connectivity index is 2.82. The van der Waals surface area contributed by atoms with Crippen LogP contribution in [0.4, 0.5) is 18.0 Å². The molecule has 10 heteroatoms. The Kier molecular flexibility index (Phi) is 4.46. The molecule has 1 aliphatic heterocycles. The molecule has 7 nitrogen and oxygen atoms in total. The van der Waals surface area contributed by atoms with E-state index in [2.05, 4.69) is 0 Å². The molecule has 1 N–H and O–H groups in total. The van der Waals surface area contributed by atoms with E-state index in [4.69, 9.17) is 5.26 Å². The van der Waals surface area contributed by atoms with Gasteiger partial charge in [0.05, 0.1) is 12.5 Å². The minimum atomic E-state index is -4.97. The van der Waals surface area contributed by atoms with Crippen LogP contribution in [0, 0.1) is 11.3 Å². The summed E-state index contributed by atoms with van der Waals surface area (Å²) in [5, 5.41) is 9.93. The van der Waals surface area contributed by atoms with E-state index in [0.29, 0.717) is 6.92 Å². The fraction of sp³-hybridized carbons (Fsp3) is 0.636. The molecule has 1 heterocycles. The number of nitrogens with one attached hydrogen (secondary N) is 1. The maximum atomic E-state index is 12.8. The van der Waals surface area contributed by atoms with Crippen molar-refractivity contribution >= 4 is 17.8 Å². The minimum absolute atomic E-state index is 0.0304. The highest BCUT2D eigenvalue weighted by molar-refractivity contribution is 6.09. The SMILES string of the molecule is CN(CCC#N)C(=O)CN1C(=O)NC(C)(C(F)(F)F)C1=O. The maximum absolute atomic E-state index is 12.8. The lowest BCUT2D eigenvalue weighted by atomic mass is 10.0. The van der Waals surface area contributed by atoms with Crippen molar-refractivity contribution in [2.45, 2.75) is 25.1 Å². The Morgan fingerprint density at radius 1 is 1.48 bits per heavy atom. The lowest BCUT2D eigenvalue weighted by molar-refractivity contribution is -0.191. The molecule has 0 aromatic rings. The molecular formula is C11H13F3N4O3. The molecule has 0 saturated carbocycles. The molecule has 0 bridgehead atoms. The Morgan fingerprint density at radius 3 is 2.48 bits per heavy atom. The standard InChI is InChI=1S/C11H13F3N4O3/c1-10(11(12,13)14)8(20)18(9(21)16-10)6-7(19)17(2)5-3-4-15/h3,5-6H2,1-2H3,(H,16,21). The summed E-state index contributed by atoms with van der Waals surface area (Å²) in [5.41, 5.74) is -3.03. The monoisotopic (exact) mass is 306 g/mol. The number of hydrogen-bond donors (Lipinski definition) is 1. The number of nitrogens with zero attached hydrogens (tertiary/aromatic N) is 3. The molecule has 1 saturated heterocycles. The first kappa shape index (κ1) is 16.7. The van der Waals surface area contributed by atoms with Crippen LogP contribution in [0.25, 0.3) is 0 Å². The molecule has 1 aliphatic rings. The Bertz CT molecular complexity index is 514. The van der Waals surface area contributed by atoms with Crippen molar-refractivity contribution in [1.82, 2.24) is 15.1 Å². The number of rotatable bonds is 4. The zero-order chi connectivity index (χ0) is 16.4. The van der Waals surface area contributed by atoms with Gasteiger partial charge >= 0.3 is 12.2 Å². The number of hydrogen-bond acceptors (Lipinski definition) is 4. The van der Waals surface area contributed by atoms with Crippen LogP contribution in [0.1, 0.15) is 13.3 Å². The number of nitriles is 1. The molecular weight excluding hydrogens is 293 g/mol. The second kappa shape index (κ2) is 5.59. The summed E-state index contributed by atoms with van der Waals surface area (Å²) in [7, 11) is 1.32. The van der Waals surface area contributed by atoms with Crippen LogP contribution in [0.2, 0.25) is 0 Å². The van der Waals surface area contributed by atoms with Gasteiger partial charge in [-0.25, -0.2) is 4.79 Å². The molecule has 0 aromatic carbocycles. The number of alkyl halides is 3. The summed E-state index contributed by atoms with van der Waals surface area (Å²) in [5.74, 6) is -2.26. The molecule has 0 spiro atoms. The van der Waals surface area contributed by atoms with Crippen LogP contribution in [-0.4, -0.2) is 59.5 Å². The number of amides is 4. The van der Waals surface area contributed by atoms with Crippen LogP contribution in [0.3, 0.4) is 0 Å². The zero-order valence-corrected chi connectivity index (χ0v) is 11.3. The minimum Gasteiger partial charge on any atom is -0.343 e. The summed E-state index contributed by atoms with van der Waals surface area (Å²) in [4.78, 5) is 36.2. The predicted molar refractivity (Wildman–Crippen MR) is 62.6 cm³/mol. The van der Waals surface area contributed by atoms with Crippen molar-refractivity contribution in [3.8, 4) is 6.07 Å². The summed E-state index contributed by atoms with van der Waals surface area (Å²) >= 11 is 0. The second-order valence-electron chi connectivity index (χ2n) is 4.67. The van der Waals surface area contributed by atoms with Crippen molar-refractivity contribution in [1.29, 1.82) is 5.26 Å². The van der Waals surface area contributed by atoms with Crippen molar-refractivity contribution in [3.63, 3.8) is 0 Å². The summed E-state index contributed by atoms with van der Waals surface area (Å²) in [6.45, 7) is -0.217. The van der Waals surface area contributed by atoms with E-state index in [9.17, 15) is 27.6 Å². The molecule has 0 aliphatic carbocycles. The van der Waals surface area contributed by atoms with Gasteiger partial charge < -0.3 is 10.2 Å². The molecule has 116 valence electrons. The van der Waals surface area contributed by atoms with Crippen LogP contribution in [0.5, 0.6) is 0 Å². The van der Waals surface area contributed by atoms with Gasteiger partial charge in [0.15, 0.2) is 0 Å². The largest absolute Gasteiger partial charge is 0.420 e. The lowest BCUT2D eigenvalue weighted by Gasteiger charge is -2.24. The fourth-order valence-electron chi connectivity index (χ4n) is 1.63. The Labute approximate surface area is 118 Å². The van der Waals surface area contributed by atoms with Gasteiger partial charge in [-0.05, 0) is 6.92 Å². The molecule has 21 heavy (non-hydrogen) atoms. The third-order valence-corrected chi connectivity index (χ3v) is 3.12. The van der Waals surface area contributed by atoms with E-state index in [1.165, 1.54) is 7.05 Å². The Hall–Kier alpha value is -2.31. The van der Waals surface area contributed by atoms with Gasteiger partial charge in [0.25, 0.3) is 5.91 Å². The van der Waals surface area contributed by atoms with E-state index in [-0.39, 0.29) is 17.9 Å². The van der Waals surface area contributed by atoms with E-state index < -0.39 is 36.1 Å². The molecule has 1 rings (SSSR count). The first-order valence-electron chi connectivity index (χ1n) is 5.86. The third-order valence-electron chi connectivity index (χ3n) is 3.12. The average Bonchev–Trinajstić information content (AvgIpc) is 2.59. The maximum Gasteiger partial charge on any atom is 0.420 e. The molecule has 4 amide bonds. The van der Waals surface area contributed by atoms with Gasteiger partial charge in [-0.3, -0.25) is 14.5 Å². The van der Waals surface area contributed by atoms with Gasteiger partial charge in [-0.1, -0.05) is 0 Å². The van der Waals surface area contributed by atoms with E-state index in [1.807, 2.05) is 0 Å². The molecule has 1 fully saturated rings. The van der Waals surface area contributed by atoms with Crippen molar-refractivity contribution in [2.75, 3.05) is 20.1 Å². The van der Waals surface area contributed by atoms with Crippen LogP contribution >= 0.6 is 0 Å². The first-order chi connectivity index (χ1) is 9.54. The number of imide groups is 1. The topological polar surface area (TPSA) is 93.5 Å². The van der Waals surface area contributed by atoms with Gasteiger partial charge in [-0.2, -0.15) is 18.4 Å². The average molecular weight is 306 g/mol. The third kappa shape index (κ3) is 3.07. The van der Waals surface area contributed by atoms with E-state index >= 15 is 0 Å². The number of carbonyl (C=O) groups excluding carboxylic acids is 3. The highest BCUT2D eigenvalue weighted by Gasteiger charge is 2.64. The number of likely N-dealkylation sites (N-methyl/N-ethyl adjacent to an activating group) is 1.